The van der Waals surface area contributed by atoms with Crippen LogP contribution in [-0.2, 0) is 4.79 Å². The maximum absolute atomic E-state index is 12.3. The van der Waals surface area contributed by atoms with Crippen LogP contribution in [0.4, 0.5) is 5.69 Å². The zero-order chi connectivity index (χ0) is 15.4. The second kappa shape index (κ2) is 6.47. The predicted octanol–water partition coefficient (Wildman–Crippen LogP) is 1.69. The fourth-order valence-corrected chi connectivity index (χ4v) is 2.00. The molecule has 0 saturated heterocycles. The van der Waals surface area contributed by atoms with E-state index in [1.165, 1.54) is 23.1 Å². The smallest absolute Gasteiger partial charge is 0.284 e. The van der Waals surface area contributed by atoms with Crippen LogP contribution in [-0.4, -0.2) is 34.2 Å². The van der Waals surface area contributed by atoms with Gasteiger partial charge in [0.1, 0.15) is 0 Å². The Morgan fingerprint density at radius 3 is 2.50 bits per heavy atom. The number of nitrogens with two attached hydrogens (primary N) is 1. The molecular weight excluding hydrogens is 330 g/mol. The summed E-state index contributed by atoms with van der Waals surface area (Å²) in [5.41, 5.74) is 5.03. The van der Waals surface area contributed by atoms with E-state index in [9.17, 15) is 19.7 Å². The molecule has 0 atom stereocenters. The largest absolute Gasteiger partial charge is 0.368 e. The molecule has 0 fully saturated rings. The van der Waals surface area contributed by atoms with Crippen molar-refractivity contribution < 1.29 is 14.5 Å². The van der Waals surface area contributed by atoms with Crippen LogP contribution in [0.15, 0.2) is 22.7 Å². The number of carbonyl (C=O) groups excluding carboxylic acids is 2. The summed E-state index contributed by atoms with van der Waals surface area (Å²) < 4.78 is 0.282. The molecule has 0 aliphatic heterocycles. The molecule has 2 amide bonds. The van der Waals surface area contributed by atoms with Gasteiger partial charge in [-0.25, -0.2) is 0 Å². The molecule has 0 aromatic heterocycles. The van der Waals surface area contributed by atoms with Crippen molar-refractivity contribution in [3.05, 3.63) is 38.3 Å². The highest BCUT2D eigenvalue weighted by Crippen LogP contribution is 2.26. The zero-order valence-electron chi connectivity index (χ0n) is 11.0. The van der Waals surface area contributed by atoms with Gasteiger partial charge in [0.2, 0.25) is 5.91 Å². The zero-order valence-corrected chi connectivity index (χ0v) is 12.6. The number of benzene rings is 1. The van der Waals surface area contributed by atoms with Crippen LogP contribution >= 0.6 is 15.9 Å². The van der Waals surface area contributed by atoms with Crippen molar-refractivity contribution in [2.45, 2.75) is 19.9 Å². The van der Waals surface area contributed by atoms with Crippen molar-refractivity contribution in [3.63, 3.8) is 0 Å². The minimum Gasteiger partial charge on any atom is -0.368 e. The summed E-state index contributed by atoms with van der Waals surface area (Å²) in [6, 6.07) is 3.80. The monoisotopic (exact) mass is 343 g/mol. The Morgan fingerprint density at radius 1 is 1.45 bits per heavy atom. The van der Waals surface area contributed by atoms with E-state index >= 15 is 0 Å². The second-order valence-corrected chi connectivity index (χ2v) is 5.27. The molecule has 1 rings (SSSR count). The van der Waals surface area contributed by atoms with Gasteiger partial charge in [0.05, 0.1) is 15.9 Å². The highest BCUT2D eigenvalue weighted by Gasteiger charge is 2.23. The van der Waals surface area contributed by atoms with Crippen LogP contribution in [0, 0.1) is 10.1 Å². The average molecular weight is 344 g/mol. The number of nitro benzene ring substituents is 1. The topological polar surface area (TPSA) is 107 Å². The van der Waals surface area contributed by atoms with Crippen molar-refractivity contribution in [1.82, 2.24) is 4.90 Å². The van der Waals surface area contributed by atoms with E-state index in [0.29, 0.717) is 0 Å². The van der Waals surface area contributed by atoms with Gasteiger partial charge in [-0.3, -0.25) is 19.7 Å². The Bertz CT molecular complexity index is 560. The third-order valence-electron chi connectivity index (χ3n) is 2.60. The molecule has 7 nitrogen and oxygen atoms in total. The standard InChI is InChI=1S/C12H14BrN3O4/c1-7(2)15(6-11(14)17)12(18)8-3-4-9(13)10(5-8)16(19)20/h3-5,7H,6H2,1-2H3,(H2,14,17). The highest BCUT2D eigenvalue weighted by molar-refractivity contribution is 9.10. The van der Waals surface area contributed by atoms with Crippen LogP contribution in [0.2, 0.25) is 0 Å². The molecular formula is C12H14BrN3O4. The van der Waals surface area contributed by atoms with Crippen molar-refractivity contribution in [2.24, 2.45) is 5.73 Å². The number of nitrogens with zero attached hydrogens (tertiary/aromatic N) is 2. The van der Waals surface area contributed by atoms with E-state index in [1.807, 2.05) is 0 Å². The molecule has 0 bridgehead atoms. The van der Waals surface area contributed by atoms with Gasteiger partial charge in [-0.2, -0.15) is 0 Å². The van der Waals surface area contributed by atoms with Crippen LogP contribution in [0.1, 0.15) is 24.2 Å². The van der Waals surface area contributed by atoms with Crippen LogP contribution in [0.25, 0.3) is 0 Å². The first-order chi connectivity index (χ1) is 9.23. The third kappa shape index (κ3) is 3.77. The first-order valence-corrected chi connectivity index (χ1v) is 6.56. The summed E-state index contributed by atoms with van der Waals surface area (Å²) in [6.07, 6.45) is 0. The van der Waals surface area contributed by atoms with E-state index < -0.39 is 16.7 Å². The lowest BCUT2D eigenvalue weighted by Gasteiger charge is -2.25. The SMILES string of the molecule is CC(C)N(CC(N)=O)C(=O)c1ccc(Br)c([N+](=O)[O-])c1. The number of amides is 2. The van der Waals surface area contributed by atoms with E-state index in [-0.39, 0.29) is 28.3 Å². The second-order valence-electron chi connectivity index (χ2n) is 4.42. The molecule has 0 aliphatic carbocycles. The fourth-order valence-electron chi connectivity index (χ4n) is 1.61. The van der Waals surface area contributed by atoms with Gasteiger partial charge in [0.15, 0.2) is 0 Å². The van der Waals surface area contributed by atoms with Gasteiger partial charge in [-0.1, -0.05) is 0 Å². The number of hydrogen-bond acceptors (Lipinski definition) is 4. The Hall–Kier alpha value is -1.96. The summed E-state index contributed by atoms with van der Waals surface area (Å²) in [5, 5.41) is 10.9. The molecule has 0 heterocycles. The minimum absolute atomic E-state index is 0.134. The molecule has 0 saturated carbocycles. The summed E-state index contributed by atoms with van der Waals surface area (Å²) in [5.74, 6) is -1.12. The van der Waals surface area contributed by atoms with Crippen LogP contribution in [0.5, 0.6) is 0 Å². The summed E-state index contributed by atoms with van der Waals surface area (Å²) in [6.45, 7) is 3.22. The summed E-state index contributed by atoms with van der Waals surface area (Å²) in [7, 11) is 0. The van der Waals surface area contributed by atoms with E-state index in [4.69, 9.17) is 5.73 Å². The van der Waals surface area contributed by atoms with Crippen molar-refractivity contribution >= 4 is 33.4 Å². The average Bonchev–Trinajstić information content (AvgIpc) is 2.34. The molecule has 0 unspecified atom stereocenters. The molecule has 8 heteroatoms. The third-order valence-corrected chi connectivity index (χ3v) is 3.27. The minimum atomic E-state index is -0.640. The quantitative estimate of drug-likeness (QED) is 0.648. The molecule has 1 aromatic carbocycles. The van der Waals surface area contributed by atoms with Crippen molar-refractivity contribution in [1.29, 1.82) is 0 Å². The van der Waals surface area contributed by atoms with Gasteiger partial charge in [0.25, 0.3) is 11.6 Å². The Balaban J connectivity index is 3.15. The first-order valence-electron chi connectivity index (χ1n) is 5.77. The lowest BCUT2D eigenvalue weighted by Crippen LogP contribution is -2.42. The fraction of sp³-hybridized carbons (Fsp3) is 0.333. The molecule has 108 valence electrons. The lowest BCUT2D eigenvalue weighted by atomic mass is 10.1. The number of hydrogen-bond donors (Lipinski definition) is 1. The number of halogens is 1. The van der Waals surface area contributed by atoms with Crippen molar-refractivity contribution in [3.8, 4) is 0 Å². The molecule has 2 N–H and O–H groups in total. The number of rotatable bonds is 5. The lowest BCUT2D eigenvalue weighted by molar-refractivity contribution is -0.385. The number of carbonyl (C=O) groups is 2. The normalized spacial score (nSPS) is 10.4. The molecule has 0 spiro atoms. The van der Waals surface area contributed by atoms with Gasteiger partial charge in [0, 0.05) is 17.7 Å². The van der Waals surface area contributed by atoms with Gasteiger partial charge >= 0.3 is 0 Å². The molecule has 1 aromatic rings. The Morgan fingerprint density at radius 2 is 2.05 bits per heavy atom. The van der Waals surface area contributed by atoms with Crippen LogP contribution in [0.3, 0.4) is 0 Å². The Kier molecular flexibility index (Phi) is 5.20. The van der Waals surface area contributed by atoms with Gasteiger partial charge < -0.3 is 10.6 Å². The van der Waals surface area contributed by atoms with E-state index in [0.717, 1.165) is 0 Å². The molecule has 20 heavy (non-hydrogen) atoms. The summed E-state index contributed by atoms with van der Waals surface area (Å²) >= 11 is 3.05. The van der Waals surface area contributed by atoms with E-state index in [2.05, 4.69) is 15.9 Å². The highest BCUT2D eigenvalue weighted by atomic mass is 79.9. The van der Waals surface area contributed by atoms with Gasteiger partial charge in [-0.15, -0.1) is 0 Å². The predicted molar refractivity (Wildman–Crippen MR) is 76.2 cm³/mol. The Labute approximate surface area is 124 Å². The number of primary amides is 1. The first kappa shape index (κ1) is 16.1. The maximum Gasteiger partial charge on any atom is 0.284 e. The van der Waals surface area contributed by atoms with Crippen molar-refractivity contribution in [2.75, 3.05) is 6.54 Å². The molecule has 0 aliphatic rings. The maximum atomic E-state index is 12.3. The van der Waals surface area contributed by atoms with E-state index in [1.54, 1.807) is 13.8 Å². The number of nitro groups is 1. The van der Waals surface area contributed by atoms with Gasteiger partial charge in [-0.05, 0) is 41.9 Å². The van der Waals surface area contributed by atoms with Crippen LogP contribution < -0.4 is 5.73 Å². The summed E-state index contributed by atoms with van der Waals surface area (Å²) in [4.78, 5) is 34.8. The molecule has 0 radical (unpaired) electrons.